The molecule has 1 nitrogen and oxygen atoms in total. The second kappa shape index (κ2) is 4.53. The summed E-state index contributed by atoms with van der Waals surface area (Å²) in [5.74, 6) is 0. The van der Waals surface area contributed by atoms with E-state index in [0.717, 1.165) is 6.42 Å². The third-order valence-corrected chi connectivity index (χ3v) is 2.52. The number of hydrogen-bond acceptors (Lipinski definition) is 3. The van der Waals surface area contributed by atoms with Crippen molar-refractivity contribution in [2.75, 3.05) is 0 Å². The van der Waals surface area contributed by atoms with E-state index in [2.05, 4.69) is 18.6 Å². The maximum absolute atomic E-state index is 5.52. The van der Waals surface area contributed by atoms with E-state index in [0.29, 0.717) is 11.3 Å². The minimum Gasteiger partial charge on any atom is -0.328 e. The van der Waals surface area contributed by atoms with Crippen molar-refractivity contribution in [3.05, 3.63) is 0 Å². The summed E-state index contributed by atoms with van der Waals surface area (Å²) in [6.45, 7) is 4.14. The lowest BCUT2D eigenvalue weighted by Gasteiger charge is -2.08. The monoisotopic (exact) mass is 151 g/mol. The summed E-state index contributed by atoms with van der Waals surface area (Å²) in [6.07, 6.45) is 1.05. The van der Waals surface area contributed by atoms with Crippen molar-refractivity contribution < 1.29 is 0 Å². The highest BCUT2D eigenvalue weighted by Crippen LogP contribution is 2.17. The molecule has 0 aliphatic rings. The van der Waals surface area contributed by atoms with Crippen LogP contribution in [-0.2, 0) is 0 Å². The SMILES string of the molecule is CC(N)CC(C)SS. The molecule has 0 aliphatic carbocycles. The number of hydrogen-bond donors (Lipinski definition) is 2. The fourth-order valence-corrected chi connectivity index (χ4v) is 1.21. The van der Waals surface area contributed by atoms with E-state index in [1.165, 1.54) is 0 Å². The van der Waals surface area contributed by atoms with Crippen molar-refractivity contribution in [3.8, 4) is 0 Å². The Balaban J connectivity index is 3.10. The Labute approximate surface area is 60.2 Å². The van der Waals surface area contributed by atoms with Gasteiger partial charge >= 0.3 is 0 Å². The van der Waals surface area contributed by atoms with E-state index < -0.39 is 0 Å². The molecule has 50 valence electrons. The zero-order valence-corrected chi connectivity index (χ0v) is 7.01. The van der Waals surface area contributed by atoms with Crippen LogP contribution in [0, 0.1) is 0 Å². The summed E-state index contributed by atoms with van der Waals surface area (Å²) in [7, 11) is 1.57. The Morgan fingerprint density at radius 2 is 2.12 bits per heavy atom. The molecule has 0 heterocycles. The standard InChI is InChI=1S/C5H13NS2/c1-4(6)3-5(2)8-7/h4-5,7H,3,6H2,1-2H3. The molecule has 0 radical (unpaired) electrons. The van der Waals surface area contributed by atoms with Crippen molar-refractivity contribution in [2.24, 2.45) is 5.73 Å². The van der Waals surface area contributed by atoms with E-state index in [1.807, 2.05) is 6.92 Å². The summed E-state index contributed by atoms with van der Waals surface area (Å²) >= 11 is 4.05. The molecule has 0 saturated heterocycles. The Morgan fingerprint density at radius 1 is 1.62 bits per heavy atom. The smallest absolute Gasteiger partial charge is 0.0135 e. The van der Waals surface area contributed by atoms with Gasteiger partial charge in [0.25, 0.3) is 0 Å². The van der Waals surface area contributed by atoms with Gasteiger partial charge in [0.05, 0.1) is 0 Å². The zero-order valence-electron chi connectivity index (χ0n) is 5.29. The molecule has 0 aromatic rings. The Kier molecular flexibility index (Phi) is 4.90. The first kappa shape index (κ1) is 8.66. The van der Waals surface area contributed by atoms with E-state index in [-0.39, 0.29) is 0 Å². The van der Waals surface area contributed by atoms with Gasteiger partial charge in [-0.25, -0.2) is 0 Å². The molecule has 2 N–H and O–H groups in total. The predicted octanol–water partition coefficient (Wildman–Crippen LogP) is 1.69. The van der Waals surface area contributed by atoms with E-state index in [9.17, 15) is 0 Å². The average Bonchev–Trinajstić information content (AvgIpc) is 1.65. The fourth-order valence-electron chi connectivity index (χ4n) is 0.567. The van der Waals surface area contributed by atoms with Crippen molar-refractivity contribution in [3.63, 3.8) is 0 Å². The van der Waals surface area contributed by atoms with Crippen molar-refractivity contribution in [2.45, 2.75) is 31.6 Å². The fraction of sp³-hybridized carbons (Fsp3) is 1.00. The average molecular weight is 151 g/mol. The number of rotatable bonds is 3. The molecule has 8 heavy (non-hydrogen) atoms. The van der Waals surface area contributed by atoms with Gasteiger partial charge in [-0.3, -0.25) is 0 Å². The quantitative estimate of drug-likeness (QED) is 0.474. The molecule has 0 bridgehead atoms. The highest BCUT2D eigenvalue weighted by Gasteiger charge is 2.01. The van der Waals surface area contributed by atoms with E-state index in [1.54, 1.807) is 10.8 Å². The van der Waals surface area contributed by atoms with Gasteiger partial charge in [0.2, 0.25) is 0 Å². The first-order valence-electron chi connectivity index (χ1n) is 2.72. The Morgan fingerprint density at radius 3 is 2.25 bits per heavy atom. The van der Waals surface area contributed by atoms with Crippen molar-refractivity contribution in [1.82, 2.24) is 0 Å². The molecular formula is C5H13NS2. The topological polar surface area (TPSA) is 26.0 Å². The lowest BCUT2D eigenvalue weighted by Crippen LogP contribution is -2.18. The summed E-state index contributed by atoms with van der Waals surface area (Å²) < 4.78 is 0. The molecule has 0 amide bonds. The first-order valence-corrected chi connectivity index (χ1v) is 4.65. The van der Waals surface area contributed by atoms with Gasteiger partial charge in [0.1, 0.15) is 0 Å². The molecule has 3 heteroatoms. The minimum absolute atomic E-state index is 0.310. The largest absolute Gasteiger partial charge is 0.328 e. The Hall–Kier alpha value is 0.660. The van der Waals surface area contributed by atoms with Gasteiger partial charge in [-0.05, 0) is 13.3 Å². The van der Waals surface area contributed by atoms with Crippen LogP contribution in [0.5, 0.6) is 0 Å². The van der Waals surface area contributed by atoms with Crippen LogP contribution in [0.2, 0.25) is 0 Å². The van der Waals surface area contributed by atoms with Gasteiger partial charge < -0.3 is 5.73 Å². The highest BCUT2D eigenvalue weighted by atomic mass is 33.1. The van der Waals surface area contributed by atoms with Gasteiger partial charge in [-0.15, -0.1) is 11.7 Å². The lowest BCUT2D eigenvalue weighted by molar-refractivity contribution is 0.665. The molecule has 0 aromatic heterocycles. The molecule has 0 fully saturated rings. The van der Waals surface area contributed by atoms with Crippen molar-refractivity contribution in [1.29, 1.82) is 0 Å². The van der Waals surface area contributed by atoms with E-state index in [4.69, 9.17) is 5.73 Å². The summed E-state index contributed by atoms with van der Waals surface area (Å²) in [5.41, 5.74) is 5.52. The van der Waals surface area contributed by atoms with Gasteiger partial charge in [0.15, 0.2) is 0 Å². The van der Waals surface area contributed by atoms with Crippen LogP contribution in [-0.4, -0.2) is 11.3 Å². The van der Waals surface area contributed by atoms with Crippen LogP contribution < -0.4 is 5.73 Å². The van der Waals surface area contributed by atoms with Crippen LogP contribution >= 0.6 is 22.5 Å². The highest BCUT2D eigenvalue weighted by molar-refractivity contribution is 8.68. The predicted molar refractivity (Wildman–Crippen MR) is 44.3 cm³/mol. The summed E-state index contributed by atoms with van der Waals surface area (Å²) in [6, 6.07) is 0.310. The molecule has 2 unspecified atom stereocenters. The normalized spacial score (nSPS) is 18.0. The molecular weight excluding hydrogens is 138 g/mol. The summed E-state index contributed by atoms with van der Waals surface area (Å²) in [5, 5.41) is 0.582. The number of thiol groups is 1. The van der Waals surface area contributed by atoms with Crippen LogP contribution in [0.15, 0.2) is 0 Å². The lowest BCUT2D eigenvalue weighted by atomic mass is 10.2. The molecule has 0 aromatic carbocycles. The minimum atomic E-state index is 0.310. The van der Waals surface area contributed by atoms with Gasteiger partial charge in [0, 0.05) is 11.3 Å². The van der Waals surface area contributed by atoms with Crippen LogP contribution in [0.4, 0.5) is 0 Å². The molecule has 0 spiro atoms. The first-order chi connectivity index (χ1) is 3.66. The van der Waals surface area contributed by atoms with Crippen LogP contribution in [0.3, 0.4) is 0 Å². The van der Waals surface area contributed by atoms with Gasteiger partial charge in [-0.1, -0.05) is 17.7 Å². The maximum atomic E-state index is 5.52. The van der Waals surface area contributed by atoms with Crippen LogP contribution in [0.1, 0.15) is 20.3 Å². The molecule has 2 atom stereocenters. The van der Waals surface area contributed by atoms with Crippen molar-refractivity contribution >= 4 is 22.5 Å². The second-order valence-corrected chi connectivity index (χ2v) is 3.78. The van der Waals surface area contributed by atoms with E-state index >= 15 is 0 Å². The number of nitrogens with two attached hydrogens (primary N) is 1. The molecule has 0 aliphatic heterocycles. The Bertz CT molecular complexity index is 56.4. The third kappa shape index (κ3) is 4.81. The van der Waals surface area contributed by atoms with Crippen LogP contribution in [0.25, 0.3) is 0 Å². The molecule has 0 rings (SSSR count). The zero-order chi connectivity index (χ0) is 6.57. The molecule has 0 saturated carbocycles. The third-order valence-electron chi connectivity index (χ3n) is 0.884. The maximum Gasteiger partial charge on any atom is 0.0135 e. The summed E-state index contributed by atoms with van der Waals surface area (Å²) in [4.78, 5) is 0. The second-order valence-electron chi connectivity index (χ2n) is 2.13. The van der Waals surface area contributed by atoms with Gasteiger partial charge in [-0.2, -0.15) is 0 Å².